The fourth-order valence-corrected chi connectivity index (χ4v) is 1.84. The number of aryl methyl sites for hydroxylation is 1. The molecule has 15 heavy (non-hydrogen) atoms. The maximum Gasteiger partial charge on any atom is 0.227 e. The van der Waals surface area contributed by atoms with Gasteiger partial charge in [0, 0.05) is 6.20 Å². The van der Waals surface area contributed by atoms with Crippen LogP contribution >= 0.6 is 0 Å². The highest BCUT2D eigenvalue weighted by atomic mass is 15.1. The minimum absolute atomic E-state index is 0.347. The Morgan fingerprint density at radius 2 is 2.20 bits per heavy atom. The smallest absolute Gasteiger partial charge is 0.227 e. The maximum absolute atomic E-state index is 5.97. The predicted molar refractivity (Wildman–Crippen MR) is 62.2 cm³/mol. The average Bonchev–Trinajstić information content (AvgIpc) is 2.23. The van der Waals surface area contributed by atoms with Gasteiger partial charge in [-0.2, -0.15) is 0 Å². The predicted octanol–water partition coefficient (Wildman–Crippen LogP) is 2.07. The van der Waals surface area contributed by atoms with Crippen LogP contribution in [0.25, 0.3) is 0 Å². The molecular weight excluding hydrogens is 183 g/mol. The molecule has 1 unspecified atom stereocenters. The van der Waals surface area contributed by atoms with Gasteiger partial charge in [0.1, 0.15) is 0 Å². The second kappa shape index (κ2) is 3.57. The summed E-state index contributed by atoms with van der Waals surface area (Å²) in [5, 5.41) is 0. The zero-order valence-electron chi connectivity index (χ0n) is 9.01. The van der Waals surface area contributed by atoms with Crippen molar-refractivity contribution in [1.82, 2.24) is 9.79 Å². The van der Waals surface area contributed by atoms with Crippen molar-refractivity contribution < 1.29 is 0 Å². The van der Waals surface area contributed by atoms with E-state index in [1.54, 1.807) is 11.0 Å². The summed E-state index contributed by atoms with van der Waals surface area (Å²) in [6.45, 7) is 4.11. The van der Waals surface area contributed by atoms with Crippen LogP contribution in [0.2, 0.25) is 0 Å². The highest BCUT2D eigenvalue weighted by Gasteiger charge is 2.30. The van der Waals surface area contributed by atoms with Crippen LogP contribution in [-0.4, -0.2) is 17.8 Å². The minimum Gasteiger partial charge on any atom is -0.418 e. The van der Waals surface area contributed by atoms with E-state index in [1.807, 2.05) is 37.4 Å². The van der Waals surface area contributed by atoms with Crippen molar-refractivity contribution in [3.8, 4) is 0 Å². The van der Waals surface area contributed by atoms with Crippen molar-refractivity contribution >= 4 is 7.98 Å². The van der Waals surface area contributed by atoms with Gasteiger partial charge in [-0.15, -0.1) is 0 Å². The van der Waals surface area contributed by atoms with Crippen molar-refractivity contribution in [2.45, 2.75) is 19.4 Å². The highest BCUT2D eigenvalue weighted by molar-refractivity contribution is 6.06. The Balaban J connectivity index is 2.50. The number of hydrogen-bond acceptors (Lipinski definition) is 2. The Hall–Kier alpha value is -1.51. The van der Waals surface area contributed by atoms with Crippen LogP contribution in [0.4, 0.5) is 0 Å². The molecule has 2 rings (SSSR count). The molecule has 0 fully saturated rings. The van der Waals surface area contributed by atoms with E-state index >= 15 is 0 Å². The van der Waals surface area contributed by atoms with Crippen LogP contribution in [0.5, 0.6) is 0 Å². The second-order valence-corrected chi connectivity index (χ2v) is 3.92. The van der Waals surface area contributed by atoms with E-state index in [4.69, 9.17) is 7.98 Å². The van der Waals surface area contributed by atoms with Gasteiger partial charge < -0.3 is 4.81 Å². The first-order valence-electron chi connectivity index (χ1n) is 4.97. The summed E-state index contributed by atoms with van der Waals surface area (Å²) in [5.74, 6) is 0. The largest absolute Gasteiger partial charge is 0.418 e. The van der Waals surface area contributed by atoms with Crippen molar-refractivity contribution in [3.63, 3.8) is 0 Å². The molecule has 2 heterocycles. The summed E-state index contributed by atoms with van der Waals surface area (Å²) in [6, 6.07) is 3.99. The third kappa shape index (κ3) is 1.58. The van der Waals surface area contributed by atoms with Crippen molar-refractivity contribution in [2.75, 3.05) is 0 Å². The Kier molecular flexibility index (Phi) is 2.39. The quantitative estimate of drug-likeness (QED) is 0.639. The van der Waals surface area contributed by atoms with Gasteiger partial charge in [0.25, 0.3) is 0 Å². The van der Waals surface area contributed by atoms with Gasteiger partial charge in [0.15, 0.2) is 0 Å². The first-order chi connectivity index (χ1) is 7.14. The molecule has 3 heteroatoms. The summed E-state index contributed by atoms with van der Waals surface area (Å²) in [7, 11) is 5.97. The van der Waals surface area contributed by atoms with Gasteiger partial charge in [-0.1, -0.05) is 18.2 Å². The molecular formula is C12H13BN2. The molecule has 1 aliphatic rings. The summed E-state index contributed by atoms with van der Waals surface area (Å²) in [4.78, 5) is 6.10. The van der Waals surface area contributed by atoms with Crippen LogP contribution < -0.4 is 0 Å². The summed E-state index contributed by atoms with van der Waals surface area (Å²) < 4.78 is 0. The Morgan fingerprint density at radius 3 is 2.87 bits per heavy atom. The SMILES string of the molecule is [B]N1C=CC=CC1(C)c1ncccc1C. The first-order valence-corrected chi connectivity index (χ1v) is 4.97. The van der Waals surface area contributed by atoms with Crippen LogP contribution in [0.15, 0.2) is 42.8 Å². The molecule has 2 radical (unpaired) electrons. The zero-order valence-corrected chi connectivity index (χ0v) is 9.01. The van der Waals surface area contributed by atoms with Gasteiger partial charge >= 0.3 is 0 Å². The summed E-state index contributed by atoms with van der Waals surface area (Å²) >= 11 is 0. The van der Waals surface area contributed by atoms with Crippen molar-refractivity contribution in [3.05, 3.63) is 54.0 Å². The Morgan fingerprint density at radius 1 is 1.40 bits per heavy atom. The first kappa shape index (κ1) is 10.0. The van der Waals surface area contributed by atoms with E-state index in [0.717, 1.165) is 11.3 Å². The molecule has 1 aromatic rings. The zero-order chi connectivity index (χ0) is 10.9. The topological polar surface area (TPSA) is 16.1 Å². The monoisotopic (exact) mass is 196 g/mol. The van der Waals surface area contributed by atoms with Gasteiger partial charge in [-0.25, -0.2) is 0 Å². The molecule has 0 amide bonds. The lowest BCUT2D eigenvalue weighted by Crippen LogP contribution is -2.39. The fraction of sp³-hybridized carbons (Fsp3) is 0.250. The number of nitrogens with zero attached hydrogens (tertiary/aromatic N) is 2. The number of rotatable bonds is 1. The Labute approximate surface area is 91.8 Å². The molecule has 74 valence electrons. The van der Waals surface area contributed by atoms with Crippen LogP contribution in [0.3, 0.4) is 0 Å². The van der Waals surface area contributed by atoms with E-state index in [-0.39, 0.29) is 5.54 Å². The number of hydrogen-bond donors (Lipinski definition) is 0. The molecule has 2 nitrogen and oxygen atoms in total. The number of allylic oxidation sites excluding steroid dienone is 2. The third-order valence-corrected chi connectivity index (χ3v) is 2.80. The molecule has 0 saturated heterocycles. The van der Waals surface area contributed by atoms with Crippen molar-refractivity contribution in [1.29, 1.82) is 0 Å². The highest BCUT2D eigenvalue weighted by Crippen LogP contribution is 2.31. The van der Waals surface area contributed by atoms with E-state index in [0.29, 0.717) is 0 Å². The molecule has 0 aromatic carbocycles. The molecule has 1 aromatic heterocycles. The maximum atomic E-state index is 5.97. The van der Waals surface area contributed by atoms with Gasteiger partial charge in [0.05, 0.1) is 11.2 Å². The normalized spacial score (nSPS) is 24.5. The number of pyridine rings is 1. The summed E-state index contributed by atoms with van der Waals surface area (Å²) in [6.07, 6.45) is 9.63. The molecule has 0 bridgehead atoms. The van der Waals surface area contributed by atoms with E-state index in [1.165, 1.54) is 0 Å². The van der Waals surface area contributed by atoms with Gasteiger partial charge in [-0.05, 0) is 37.8 Å². The lowest BCUT2D eigenvalue weighted by atomic mass is 9.87. The second-order valence-electron chi connectivity index (χ2n) is 3.92. The average molecular weight is 196 g/mol. The fourth-order valence-electron chi connectivity index (χ4n) is 1.84. The van der Waals surface area contributed by atoms with Crippen LogP contribution in [-0.2, 0) is 5.54 Å². The van der Waals surface area contributed by atoms with E-state index < -0.39 is 0 Å². The summed E-state index contributed by atoms with van der Waals surface area (Å²) in [5.41, 5.74) is 1.80. The lowest BCUT2D eigenvalue weighted by Gasteiger charge is -2.38. The lowest BCUT2D eigenvalue weighted by molar-refractivity contribution is 0.343. The Bertz CT molecular complexity index is 425. The van der Waals surface area contributed by atoms with Crippen molar-refractivity contribution in [2.24, 2.45) is 0 Å². The van der Waals surface area contributed by atoms with Gasteiger partial charge in [-0.3, -0.25) is 4.98 Å². The van der Waals surface area contributed by atoms with E-state index in [9.17, 15) is 0 Å². The molecule has 1 atom stereocenters. The minimum atomic E-state index is -0.347. The molecule has 1 aliphatic heterocycles. The number of aromatic nitrogens is 1. The molecule has 0 saturated carbocycles. The van der Waals surface area contributed by atoms with Crippen LogP contribution in [0, 0.1) is 6.92 Å². The van der Waals surface area contributed by atoms with Gasteiger partial charge in [0.2, 0.25) is 7.98 Å². The molecule has 0 aliphatic carbocycles. The molecule has 0 N–H and O–H groups in total. The van der Waals surface area contributed by atoms with Crippen LogP contribution in [0.1, 0.15) is 18.2 Å². The third-order valence-electron chi connectivity index (χ3n) is 2.80. The standard InChI is InChI=1S/C12H13BN2/c1-10-6-5-8-14-11(10)12(2)7-3-4-9-15(12)13/h3-9H,1-2H3. The molecule has 0 spiro atoms. The van der Waals surface area contributed by atoms with E-state index in [2.05, 4.69) is 18.0 Å².